The third-order valence-corrected chi connectivity index (χ3v) is 17.2. The fourth-order valence-corrected chi connectivity index (χ4v) is 11.8. The first kappa shape index (κ1) is 60.9. The molecule has 18 heteroatoms. The smallest absolute Gasteiger partial charge is 0.338 e. The summed E-state index contributed by atoms with van der Waals surface area (Å²) in [7, 11) is 8.19. The van der Waals surface area contributed by atoms with Crippen LogP contribution in [0.1, 0.15) is 78.2 Å². The van der Waals surface area contributed by atoms with Gasteiger partial charge in [0.2, 0.25) is 0 Å². The third-order valence-electron chi connectivity index (χ3n) is 17.2. The molecule has 5 saturated heterocycles. The summed E-state index contributed by atoms with van der Waals surface area (Å²) in [6.45, 7) is 20.1. The molecule has 0 bridgehead atoms. The van der Waals surface area contributed by atoms with Gasteiger partial charge < -0.3 is 80.9 Å². The van der Waals surface area contributed by atoms with Crippen LogP contribution in [0.2, 0.25) is 0 Å². The van der Waals surface area contributed by atoms with Crippen LogP contribution in [0.4, 0.5) is 0 Å². The van der Waals surface area contributed by atoms with E-state index in [1.54, 1.807) is 59.8 Å². The van der Waals surface area contributed by atoms with Crippen LogP contribution in [0.3, 0.4) is 0 Å². The fraction of sp³-hybridized carbons (Fsp3) is 0.776. The first-order valence-corrected chi connectivity index (χ1v) is 27.5. The molecule has 76 heavy (non-hydrogen) atoms. The maximum atomic E-state index is 12.8. The van der Waals surface area contributed by atoms with E-state index < -0.39 is 92.2 Å². The van der Waals surface area contributed by atoms with Gasteiger partial charge in [-0.1, -0.05) is 104 Å². The Labute approximate surface area is 451 Å². The van der Waals surface area contributed by atoms with E-state index in [-0.39, 0.29) is 92.1 Å². The number of aliphatic hydroxyl groups excluding tert-OH is 1. The largest absolute Gasteiger partial charge is 0.459 e. The average molecular weight is 1080 g/mol. The van der Waals surface area contributed by atoms with E-state index in [2.05, 4.69) is 41.5 Å². The monoisotopic (exact) mass is 1070 g/mol. The van der Waals surface area contributed by atoms with E-state index in [0.717, 1.165) is 5.56 Å². The van der Waals surface area contributed by atoms with Gasteiger partial charge in [-0.05, 0) is 48.3 Å². The zero-order valence-electron chi connectivity index (χ0n) is 47.3. The molecule has 25 atom stereocenters. The van der Waals surface area contributed by atoms with Crippen molar-refractivity contribution >= 4 is 5.97 Å². The number of esters is 1. The summed E-state index contributed by atoms with van der Waals surface area (Å²) < 4.78 is 103. The molecular weight excluding hydrogens is 985 g/mol. The van der Waals surface area contributed by atoms with Gasteiger partial charge in [0.05, 0.1) is 75.2 Å². The van der Waals surface area contributed by atoms with Gasteiger partial charge in [-0.3, -0.25) is 0 Å². The number of ether oxygens (including phenoxy) is 16. The van der Waals surface area contributed by atoms with Crippen LogP contribution in [0.25, 0.3) is 0 Å². The molecule has 0 saturated carbocycles. The minimum Gasteiger partial charge on any atom is -0.459 e. The summed E-state index contributed by atoms with van der Waals surface area (Å²) in [5, 5.41) is 11.3. The van der Waals surface area contributed by atoms with Crippen LogP contribution in [0.5, 0.6) is 0 Å². The number of hydrogen-bond donors (Lipinski definition) is 1. The molecule has 10 unspecified atom stereocenters. The number of carbonyl (C=O) groups is 1. The number of benzene rings is 2. The van der Waals surface area contributed by atoms with Crippen molar-refractivity contribution in [2.45, 2.75) is 173 Å². The number of methoxy groups -OCH3 is 5. The quantitative estimate of drug-likeness (QED) is 0.116. The molecule has 0 radical (unpaired) electrons. The second kappa shape index (κ2) is 28.6. The van der Waals surface area contributed by atoms with Crippen LogP contribution < -0.4 is 0 Å². The molecule has 7 rings (SSSR count). The van der Waals surface area contributed by atoms with Gasteiger partial charge in [-0.2, -0.15) is 0 Å². The minimum absolute atomic E-state index is 0.0180. The SMILES string of the molecule is COCC1O[C@@H](O[C@H]2C(C)C(C)[C@@H](O[C@H]3C(C)C(OC)[C@H](O[C@@H]4C(COCc5ccccc5)O[C@@H](C)C(C)[C@H]4C)O[C@H]3COC)O[C@H]2COC)C(OC)[C@@H](C)[C@@H]1O[C@H]1OC(COC(=O)c2ccccc2)[C@@H](O)[C@H](C)C1C. The summed E-state index contributed by atoms with van der Waals surface area (Å²) in [4.78, 5) is 12.8. The topological polar surface area (TPSA) is 185 Å². The molecule has 0 spiro atoms. The summed E-state index contributed by atoms with van der Waals surface area (Å²) in [5.41, 5.74) is 1.50. The Bertz CT molecular complexity index is 2000. The highest BCUT2D eigenvalue weighted by atomic mass is 16.8. The fourth-order valence-electron chi connectivity index (χ4n) is 11.8. The van der Waals surface area contributed by atoms with Gasteiger partial charge in [0.15, 0.2) is 25.2 Å². The zero-order chi connectivity index (χ0) is 54.8. The number of rotatable bonds is 23. The van der Waals surface area contributed by atoms with E-state index in [1.807, 2.05) is 57.2 Å². The Morgan fingerprint density at radius 1 is 0.434 bits per heavy atom. The van der Waals surface area contributed by atoms with E-state index >= 15 is 0 Å². The molecule has 18 nitrogen and oxygen atoms in total. The highest BCUT2D eigenvalue weighted by Crippen LogP contribution is 2.43. The molecule has 2 aromatic rings. The zero-order valence-corrected chi connectivity index (χ0v) is 47.3. The summed E-state index contributed by atoms with van der Waals surface area (Å²) in [6, 6.07) is 18.8. The van der Waals surface area contributed by atoms with Gasteiger partial charge >= 0.3 is 5.97 Å². The Morgan fingerprint density at radius 2 is 0.842 bits per heavy atom. The van der Waals surface area contributed by atoms with Crippen LogP contribution in [0, 0.1) is 47.3 Å². The maximum absolute atomic E-state index is 12.8. The summed E-state index contributed by atoms with van der Waals surface area (Å²) in [5.74, 6) is -1.45. The predicted octanol–water partition coefficient (Wildman–Crippen LogP) is 6.71. The van der Waals surface area contributed by atoms with Crippen molar-refractivity contribution < 1.29 is 85.7 Å². The van der Waals surface area contributed by atoms with Crippen molar-refractivity contribution in [2.24, 2.45) is 47.3 Å². The highest BCUT2D eigenvalue weighted by molar-refractivity contribution is 5.89. The van der Waals surface area contributed by atoms with Crippen LogP contribution in [-0.2, 0) is 82.4 Å². The molecule has 5 aliphatic heterocycles. The lowest BCUT2D eigenvalue weighted by Gasteiger charge is -2.52. The Morgan fingerprint density at radius 3 is 1.33 bits per heavy atom. The number of aliphatic hydroxyl groups is 1. The van der Waals surface area contributed by atoms with Gasteiger partial charge in [0.1, 0.15) is 49.3 Å². The predicted molar refractivity (Wildman–Crippen MR) is 278 cm³/mol. The van der Waals surface area contributed by atoms with Crippen molar-refractivity contribution in [3.63, 3.8) is 0 Å². The van der Waals surface area contributed by atoms with Gasteiger partial charge in [0.25, 0.3) is 0 Å². The molecule has 430 valence electrons. The van der Waals surface area contributed by atoms with Gasteiger partial charge in [-0.25, -0.2) is 4.79 Å². The Kier molecular flexibility index (Phi) is 22.9. The lowest BCUT2D eigenvalue weighted by molar-refractivity contribution is -0.376. The van der Waals surface area contributed by atoms with Crippen molar-refractivity contribution in [3.8, 4) is 0 Å². The Hall–Kier alpha value is -2.73. The lowest BCUT2D eigenvalue weighted by Crippen LogP contribution is -2.63. The van der Waals surface area contributed by atoms with Gasteiger partial charge in [0, 0.05) is 59.2 Å². The first-order valence-electron chi connectivity index (χ1n) is 27.5. The second-order valence-corrected chi connectivity index (χ2v) is 22.0. The molecule has 5 fully saturated rings. The molecule has 1 N–H and O–H groups in total. The minimum atomic E-state index is -0.894. The number of hydrogen-bond acceptors (Lipinski definition) is 18. The molecule has 5 heterocycles. The molecule has 2 aromatic carbocycles. The molecule has 0 amide bonds. The first-order chi connectivity index (χ1) is 36.5. The molecule has 0 aliphatic carbocycles. The van der Waals surface area contributed by atoms with Crippen molar-refractivity contribution in [3.05, 3.63) is 71.8 Å². The Balaban J connectivity index is 1.01. The van der Waals surface area contributed by atoms with Crippen molar-refractivity contribution in [1.29, 1.82) is 0 Å². The lowest BCUT2D eigenvalue weighted by atomic mass is 9.81. The van der Waals surface area contributed by atoms with Crippen molar-refractivity contribution in [1.82, 2.24) is 0 Å². The van der Waals surface area contributed by atoms with E-state index in [9.17, 15) is 9.90 Å². The average Bonchev–Trinajstić information content (AvgIpc) is 3.42. The normalized spacial score (nSPS) is 42.1. The van der Waals surface area contributed by atoms with Crippen LogP contribution in [-0.4, -0.2) is 184 Å². The molecular formula is C58H90O18. The second-order valence-electron chi connectivity index (χ2n) is 22.0. The standard InChI is InChI=1S/C58H90O18/c1-31-33(3)48(46(68-39(31)9)29-66-25-40-21-17-15-18-22-40)75-57-52(64-13)38(8)51(45(71-57)28-63-12)74-56-36(6)34(4)49(43(70-56)26-61-10)76-58-53(65-14)37(7)50(44(72-58)27-62-11)73-55-35(5)32(2)47(59)42(69-55)30-67-54(60)41-23-19-16-20-24-41/h15-24,31-39,42-53,55-59H,25-30H2,1-14H3/t31?,32-,33-,34?,35?,36?,37+,38?,39+,42?,43+,44?,45+,46?,47+,48+,49+,50+,51+,52?,53?,55-,56-,57+,58+/m1/s1. The molecule has 0 aromatic heterocycles. The van der Waals surface area contributed by atoms with E-state index in [0.29, 0.717) is 18.8 Å². The highest BCUT2D eigenvalue weighted by Gasteiger charge is 2.55. The molecule has 5 aliphatic rings. The summed E-state index contributed by atoms with van der Waals surface area (Å²) in [6.07, 6.45) is -9.85. The maximum Gasteiger partial charge on any atom is 0.338 e. The van der Waals surface area contributed by atoms with E-state index in [4.69, 9.17) is 75.8 Å². The summed E-state index contributed by atoms with van der Waals surface area (Å²) >= 11 is 0. The van der Waals surface area contributed by atoms with Crippen LogP contribution in [0.15, 0.2) is 60.7 Å². The third kappa shape index (κ3) is 14.2. The van der Waals surface area contributed by atoms with Gasteiger partial charge in [-0.15, -0.1) is 0 Å². The number of carbonyl (C=O) groups excluding carboxylic acids is 1. The van der Waals surface area contributed by atoms with Crippen molar-refractivity contribution in [2.75, 3.05) is 68.6 Å². The van der Waals surface area contributed by atoms with E-state index in [1.165, 1.54) is 0 Å². The van der Waals surface area contributed by atoms with Crippen LogP contribution >= 0.6 is 0 Å².